The van der Waals surface area contributed by atoms with Gasteiger partial charge in [-0.1, -0.05) is 0 Å². The predicted octanol–water partition coefficient (Wildman–Crippen LogP) is -0.183. The third-order valence-corrected chi connectivity index (χ3v) is 2.09. The number of carboxylic acid groups (broad SMARTS) is 1. The van der Waals surface area contributed by atoms with Gasteiger partial charge < -0.3 is 10.8 Å². The number of aliphatic carboxylic acids is 1. The molecule has 0 saturated heterocycles. The molecule has 0 aliphatic carbocycles. The van der Waals surface area contributed by atoms with E-state index in [-0.39, 0.29) is 5.56 Å². The van der Waals surface area contributed by atoms with Crippen molar-refractivity contribution in [2.45, 2.75) is 6.04 Å². The number of rotatable bonds is 3. The first-order valence-electron chi connectivity index (χ1n) is 4.34. The van der Waals surface area contributed by atoms with Crippen molar-refractivity contribution in [3.8, 4) is 0 Å². The van der Waals surface area contributed by atoms with Crippen molar-refractivity contribution in [2.24, 2.45) is 5.73 Å². The Kier molecular flexibility index (Phi) is 2.37. The van der Waals surface area contributed by atoms with Gasteiger partial charge in [0.05, 0.1) is 0 Å². The van der Waals surface area contributed by atoms with Crippen LogP contribution in [-0.2, 0) is 4.79 Å². The summed E-state index contributed by atoms with van der Waals surface area (Å²) in [6, 6.07) is 2.75. The van der Waals surface area contributed by atoms with Gasteiger partial charge in [0.15, 0.2) is 11.8 Å². The van der Waals surface area contributed by atoms with Crippen LogP contribution in [0, 0.1) is 0 Å². The number of carbonyl (C=O) groups excluding carboxylic acids is 1. The second-order valence-electron chi connectivity index (χ2n) is 3.15. The summed E-state index contributed by atoms with van der Waals surface area (Å²) < 4.78 is 4.45. The van der Waals surface area contributed by atoms with Crippen LogP contribution in [0.15, 0.2) is 22.8 Å². The Hall–Kier alpha value is -2.28. The van der Waals surface area contributed by atoms with E-state index in [1.165, 1.54) is 18.2 Å². The van der Waals surface area contributed by atoms with Crippen molar-refractivity contribution in [1.29, 1.82) is 0 Å². The molecule has 0 radical (unpaired) electrons. The number of carboxylic acids is 1. The molecule has 7 heteroatoms. The highest BCUT2D eigenvalue weighted by Crippen LogP contribution is 2.12. The molecule has 2 rings (SSSR count). The number of ketones is 1. The standard InChI is InChI=1S/C9H7N3O4/c10-7(9(14)15)8(13)4-1-2-5-6(3-4)12-16-11-5/h1-3,7H,10H2,(H,14,15). The Morgan fingerprint density at radius 1 is 1.31 bits per heavy atom. The van der Waals surface area contributed by atoms with E-state index in [1.807, 2.05) is 0 Å². The molecular weight excluding hydrogens is 214 g/mol. The molecule has 1 aromatic carbocycles. The van der Waals surface area contributed by atoms with Gasteiger partial charge in [0.1, 0.15) is 11.0 Å². The van der Waals surface area contributed by atoms with E-state index in [2.05, 4.69) is 14.9 Å². The van der Waals surface area contributed by atoms with Crippen molar-refractivity contribution in [2.75, 3.05) is 0 Å². The van der Waals surface area contributed by atoms with Gasteiger partial charge in [-0.15, -0.1) is 0 Å². The van der Waals surface area contributed by atoms with Crippen LogP contribution in [0.1, 0.15) is 10.4 Å². The second kappa shape index (κ2) is 3.70. The summed E-state index contributed by atoms with van der Waals surface area (Å²) in [4.78, 5) is 22.1. The van der Waals surface area contributed by atoms with Crippen LogP contribution in [-0.4, -0.2) is 33.2 Å². The average Bonchev–Trinajstić information content (AvgIpc) is 2.73. The lowest BCUT2D eigenvalue weighted by Crippen LogP contribution is -2.38. The monoisotopic (exact) mass is 221 g/mol. The Balaban J connectivity index is 2.39. The van der Waals surface area contributed by atoms with Gasteiger partial charge in [0.2, 0.25) is 0 Å². The van der Waals surface area contributed by atoms with Crippen LogP contribution in [0.4, 0.5) is 0 Å². The van der Waals surface area contributed by atoms with E-state index >= 15 is 0 Å². The highest BCUT2D eigenvalue weighted by Gasteiger charge is 2.23. The number of Topliss-reactive ketones (excluding diaryl/α,β-unsaturated/α-hetero) is 1. The number of aromatic nitrogens is 2. The minimum atomic E-state index is -1.57. The largest absolute Gasteiger partial charge is 0.480 e. The third kappa shape index (κ3) is 1.63. The third-order valence-electron chi connectivity index (χ3n) is 2.09. The number of nitrogens with zero attached hydrogens (tertiary/aromatic N) is 2. The first-order chi connectivity index (χ1) is 7.59. The van der Waals surface area contributed by atoms with Crippen LogP contribution in [0.5, 0.6) is 0 Å². The molecule has 82 valence electrons. The van der Waals surface area contributed by atoms with Crippen molar-refractivity contribution >= 4 is 22.8 Å². The Bertz CT molecular complexity index is 563. The second-order valence-corrected chi connectivity index (χ2v) is 3.15. The summed E-state index contributed by atoms with van der Waals surface area (Å²) in [5, 5.41) is 15.7. The van der Waals surface area contributed by atoms with Crippen LogP contribution < -0.4 is 5.73 Å². The molecule has 0 aliphatic rings. The van der Waals surface area contributed by atoms with E-state index < -0.39 is 17.8 Å². The number of hydrogen-bond acceptors (Lipinski definition) is 6. The summed E-state index contributed by atoms with van der Waals surface area (Å²) >= 11 is 0. The summed E-state index contributed by atoms with van der Waals surface area (Å²) in [6.07, 6.45) is 0. The normalized spacial score (nSPS) is 12.6. The Morgan fingerprint density at radius 3 is 2.69 bits per heavy atom. The fourth-order valence-electron chi connectivity index (χ4n) is 1.23. The lowest BCUT2D eigenvalue weighted by molar-refractivity contribution is -0.137. The van der Waals surface area contributed by atoms with Crippen molar-refractivity contribution in [3.63, 3.8) is 0 Å². The molecule has 0 fully saturated rings. The van der Waals surface area contributed by atoms with E-state index in [0.717, 1.165) is 0 Å². The first-order valence-corrected chi connectivity index (χ1v) is 4.34. The number of nitrogens with two attached hydrogens (primary N) is 1. The highest BCUT2D eigenvalue weighted by atomic mass is 16.6. The maximum Gasteiger partial charge on any atom is 0.328 e. The van der Waals surface area contributed by atoms with Crippen LogP contribution >= 0.6 is 0 Å². The SMILES string of the molecule is NC(C(=O)O)C(=O)c1ccc2nonc2c1. The zero-order chi connectivity index (χ0) is 11.7. The van der Waals surface area contributed by atoms with E-state index in [9.17, 15) is 9.59 Å². The van der Waals surface area contributed by atoms with Gasteiger partial charge in [-0.25, -0.2) is 4.63 Å². The van der Waals surface area contributed by atoms with Gasteiger partial charge in [-0.2, -0.15) is 0 Å². The quantitative estimate of drug-likeness (QED) is 0.544. The summed E-state index contributed by atoms with van der Waals surface area (Å²) in [6.45, 7) is 0. The van der Waals surface area contributed by atoms with Gasteiger partial charge >= 0.3 is 5.97 Å². The molecule has 16 heavy (non-hydrogen) atoms. The minimum absolute atomic E-state index is 0.165. The van der Waals surface area contributed by atoms with Crippen LogP contribution in [0.25, 0.3) is 11.0 Å². The van der Waals surface area contributed by atoms with Gasteiger partial charge in [-0.3, -0.25) is 9.59 Å². The molecular formula is C9H7N3O4. The predicted molar refractivity (Wildman–Crippen MR) is 51.7 cm³/mol. The number of fused-ring (bicyclic) bond motifs is 1. The fourth-order valence-corrected chi connectivity index (χ4v) is 1.23. The summed E-state index contributed by atoms with van der Waals surface area (Å²) in [5.41, 5.74) is 6.23. The highest BCUT2D eigenvalue weighted by molar-refractivity contribution is 6.12. The molecule has 1 aromatic heterocycles. The van der Waals surface area contributed by atoms with Crippen molar-refractivity contribution < 1.29 is 19.3 Å². The molecule has 3 N–H and O–H groups in total. The maximum atomic E-state index is 11.6. The first kappa shape index (κ1) is 10.2. The molecule has 0 aliphatic heterocycles. The topological polar surface area (TPSA) is 119 Å². The van der Waals surface area contributed by atoms with Crippen molar-refractivity contribution in [3.05, 3.63) is 23.8 Å². The summed E-state index contributed by atoms with van der Waals surface area (Å²) in [7, 11) is 0. The van der Waals surface area contributed by atoms with E-state index in [1.54, 1.807) is 0 Å². The van der Waals surface area contributed by atoms with E-state index in [4.69, 9.17) is 10.8 Å². The van der Waals surface area contributed by atoms with Gasteiger partial charge in [0, 0.05) is 5.56 Å². The average molecular weight is 221 g/mol. The fraction of sp³-hybridized carbons (Fsp3) is 0.111. The molecule has 1 atom stereocenters. The maximum absolute atomic E-state index is 11.6. The number of hydrogen-bond donors (Lipinski definition) is 2. The molecule has 2 aromatic rings. The van der Waals surface area contributed by atoms with Gasteiger partial charge in [0.25, 0.3) is 0 Å². The zero-order valence-corrected chi connectivity index (χ0v) is 7.95. The minimum Gasteiger partial charge on any atom is -0.480 e. The van der Waals surface area contributed by atoms with Gasteiger partial charge in [-0.05, 0) is 28.5 Å². The number of carbonyl (C=O) groups is 2. The van der Waals surface area contributed by atoms with E-state index in [0.29, 0.717) is 11.0 Å². The van der Waals surface area contributed by atoms with Crippen molar-refractivity contribution in [1.82, 2.24) is 10.3 Å². The van der Waals surface area contributed by atoms with Crippen LogP contribution in [0.3, 0.4) is 0 Å². The van der Waals surface area contributed by atoms with Crippen LogP contribution in [0.2, 0.25) is 0 Å². The lowest BCUT2D eigenvalue weighted by atomic mass is 10.0. The zero-order valence-electron chi connectivity index (χ0n) is 7.95. The molecule has 0 amide bonds. The molecule has 0 spiro atoms. The molecule has 0 saturated carbocycles. The lowest BCUT2D eigenvalue weighted by Gasteiger charge is -2.04. The Morgan fingerprint density at radius 2 is 2.00 bits per heavy atom. The Labute approximate surface area is 88.8 Å². The smallest absolute Gasteiger partial charge is 0.328 e. The molecule has 7 nitrogen and oxygen atoms in total. The molecule has 1 unspecified atom stereocenters. The molecule has 1 heterocycles. The number of benzene rings is 1. The summed E-state index contributed by atoms with van der Waals surface area (Å²) in [5.74, 6) is -2.05. The molecule has 0 bridgehead atoms.